The summed E-state index contributed by atoms with van der Waals surface area (Å²) in [4.78, 5) is 24.0. The van der Waals surface area contributed by atoms with Crippen LogP contribution in [0, 0.1) is 0 Å². The summed E-state index contributed by atoms with van der Waals surface area (Å²) in [5.74, 6) is 0.491. The quantitative estimate of drug-likeness (QED) is 0.525. The third-order valence-corrected chi connectivity index (χ3v) is 4.51. The molecule has 0 atom stereocenters. The Morgan fingerprint density at radius 3 is 2.48 bits per heavy atom. The number of carbonyl (C=O) groups is 1. The number of fused-ring (bicyclic) bond motifs is 1. The van der Waals surface area contributed by atoms with Crippen molar-refractivity contribution in [2.45, 2.75) is 13.5 Å². The van der Waals surface area contributed by atoms with Gasteiger partial charge in [0, 0.05) is 18.7 Å². The summed E-state index contributed by atoms with van der Waals surface area (Å²) >= 11 is 0. The van der Waals surface area contributed by atoms with Crippen LogP contribution in [0.3, 0.4) is 0 Å². The van der Waals surface area contributed by atoms with Crippen LogP contribution in [0.15, 0.2) is 88.3 Å². The fourth-order valence-corrected chi connectivity index (χ4v) is 3.07. The van der Waals surface area contributed by atoms with E-state index in [9.17, 15) is 9.59 Å². The van der Waals surface area contributed by atoms with Crippen molar-refractivity contribution in [1.29, 1.82) is 0 Å². The van der Waals surface area contributed by atoms with Gasteiger partial charge in [-0.3, -0.25) is 9.59 Å². The first kappa shape index (κ1) is 18.5. The van der Waals surface area contributed by atoms with Gasteiger partial charge in [0.25, 0.3) is 0 Å². The normalized spacial score (nSPS) is 10.7. The van der Waals surface area contributed by atoms with E-state index >= 15 is 0 Å². The lowest BCUT2D eigenvalue weighted by molar-refractivity contribution is -0.114. The van der Waals surface area contributed by atoms with E-state index in [0.29, 0.717) is 34.6 Å². The van der Waals surface area contributed by atoms with Crippen molar-refractivity contribution in [3.05, 3.63) is 94.8 Å². The number of rotatable bonds is 5. The molecule has 1 N–H and O–H groups in total. The van der Waals surface area contributed by atoms with Crippen molar-refractivity contribution in [1.82, 2.24) is 0 Å². The first-order chi connectivity index (χ1) is 14.1. The van der Waals surface area contributed by atoms with Crippen LogP contribution in [0.25, 0.3) is 22.1 Å². The Kier molecular flexibility index (Phi) is 5.12. The van der Waals surface area contributed by atoms with Crippen molar-refractivity contribution in [2.75, 3.05) is 5.32 Å². The molecule has 0 unspecified atom stereocenters. The molecule has 5 heteroatoms. The minimum Gasteiger partial charge on any atom is -0.489 e. The van der Waals surface area contributed by atoms with Crippen LogP contribution in [0.5, 0.6) is 5.75 Å². The van der Waals surface area contributed by atoms with Crippen molar-refractivity contribution < 1.29 is 13.9 Å². The highest BCUT2D eigenvalue weighted by molar-refractivity contribution is 5.89. The average Bonchev–Trinajstić information content (AvgIpc) is 2.74. The van der Waals surface area contributed by atoms with Gasteiger partial charge in [0.1, 0.15) is 24.2 Å². The molecule has 0 aliphatic heterocycles. The highest BCUT2D eigenvalue weighted by atomic mass is 16.5. The fourth-order valence-electron chi connectivity index (χ4n) is 3.07. The second-order valence-corrected chi connectivity index (χ2v) is 6.67. The standard InChI is InChI=1S/C24H19NO4/c1-16(26)25-19-9-7-18(8-10-19)22-15-29-23-13-20(11-12-21(23)24(22)27)28-14-17-5-3-2-4-6-17/h2-13,15H,14H2,1H3,(H,25,26). The number of nitrogens with one attached hydrogen (secondary N) is 1. The summed E-state index contributed by atoms with van der Waals surface area (Å²) < 4.78 is 11.5. The molecule has 0 saturated heterocycles. The second kappa shape index (κ2) is 8.02. The minimum absolute atomic E-state index is 0.117. The first-order valence-electron chi connectivity index (χ1n) is 9.20. The molecule has 0 spiro atoms. The molecule has 0 radical (unpaired) electrons. The van der Waals surface area contributed by atoms with E-state index in [1.165, 1.54) is 13.2 Å². The zero-order valence-corrected chi connectivity index (χ0v) is 15.8. The molecule has 4 aromatic rings. The number of carbonyl (C=O) groups excluding carboxylic acids is 1. The smallest absolute Gasteiger partial charge is 0.221 e. The van der Waals surface area contributed by atoms with Crippen LogP contribution in [-0.4, -0.2) is 5.91 Å². The van der Waals surface area contributed by atoms with Crippen LogP contribution in [0.1, 0.15) is 12.5 Å². The van der Waals surface area contributed by atoms with Gasteiger partial charge in [0.2, 0.25) is 5.91 Å². The van der Waals surface area contributed by atoms with E-state index in [0.717, 1.165) is 11.1 Å². The molecule has 0 saturated carbocycles. The number of hydrogen-bond acceptors (Lipinski definition) is 4. The van der Waals surface area contributed by atoms with E-state index in [1.54, 1.807) is 42.5 Å². The SMILES string of the molecule is CC(=O)Nc1ccc(-c2coc3cc(OCc4ccccc4)ccc3c2=O)cc1. The largest absolute Gasteiger partial charge is 0.489 e. The molecule has 4 rings (SSSR count). The first-order valence-corrected chi connectivity index (χ1v) is 9.20. The molecule has 1 amide bonds. The summed E-state index contributed by atoms with van der Waals surface area (Å²) in [6.07, 6.45) is 1.46. The molecule has 1 aromatic heterocycles. The Balaban J connectivity index is 1.59. The minimum atomic E-state index is -0.145. The molecule has 0 aliphatic rings. The molecule has 144 valence electrons. The summed E-state index contributed by atoms with van der Waals surface area (Å²) in [5, 5.41) is 3.19. The highest BCUT2D eigenvalue weighted by Crippen LogP contribution is 2.24. The van der Waals surface area contributed by atoms with Crippen molar-refractivity contribution in [3.63, 3.8) is 0 Å². The molecule has 0 fully saturated rings. The number of ether oxygens (including phenoxy) is 1. The van der Waals surface area contributed by atoms with Gasteiger partial charge in [-0.2, -0.15) is 0 Å². The number of anilines is 1. The monoisotopic (exact) mass is 385 g/mol. The predicted molar refractivity (Wildman–Crippen MR) is 113 cm³/mol. The summed E-state index contributed by atoms with van der Waals surface area (Å²) in [6, 6.07) is 22.1. The zero-order valence-electron chi connectivity index (χ0n) is 15.8. The molecular formula is C24H19NO4. The lowest BCUT2D eigenvalue weighted by atomic mass is 10.1. The van der Waals surface area contributed by atoms with Gasteiger partial charge in [-0.05, 0) is 35.4 Å². The number of benzene rings is 3. The Morgan fingerprint density at radius 2 is 1.76 bits per heavy atom. The van der Waals surface area contributed by atoms with Crippen LogP contribution >= 0.6 is 0 Å². The van der Waals surface area contributed by atoms with E-state index in [-0.39, 0.29) is 11.3 Å². The Morgan fingerprint density at radius 1 is 1.00 bits per heavy atom. The third kappa shape index (κ3) is 4.19. The van der Waals surface area contributed by atoms with Gasteiger partial charge in [0.05, 0.1) is 10.9 Å². The number of hydrogen-bond donors (Lipinski definition) is 1. The Bertz CT molecular complexity index is 1210. The van der Waals surface area contributed by atoms with Gasteiger partial charge < -0.3 is 14.5 Å². The maximum Gasteiger partial charge on any atom is 0.221 e. The van der Waals surface area contributed by atoms with E-state index < -0.39 is 0 Å². The fraction of sp³-hybridized carbons (Fsp3) is 0.0833. The van der Waals surface area contributed by atoms with Crippen molar-refractivity contribution >= 4 is 22.6 Å². The van der Waals surface area contributed by atoms with Gasteiger partial charge in [-0.1, -0.05) is 42.5 Å². The van der Waals surface area contributed by atoms with Crippen LogP contribution in [0.2, 0.25) is 0 Å². The van der Waals surface area contributed by atoms with E-state index in [2.05, 4.69) is 5.32 Å². The molecule has 1 heterocycles. The van der Waals surface area contributed by atoms with Gasteiger partial charge in [-0.15, -0.1) is 0 Å². The van der Waals surface area contributed by atoms with E-state index in [4.69, 9.17) is 9.15 Å². The van der Waals surface area contributed by atoms with Crippen molar-refractivity contribution in [3.8, 4) is 16.9 Å². The molecule has 3 aromatic carbocycles. The molecular weight excluding hydrogens is 366 g/mol. The molecule has 5 nitrogen and oxygen atoms in total. The van der Waals surface area contributed by atoms with E-state index in [1.807, 2.05) is 30.3 Å². The lowest BCUT2D eigenvalue weighted by Gasteiger charge is -2.08. The lowest BCUT2D eigenvalue weighted by Crippen LogP contribution is -2.06. The predicted octanol–water partition coefficient (Wildman–Crippen LogP) is 5.00. The summed E-state index contributed by atoms with van der Waals surface area (Å²) in [6.45, 7) is 1.89. The van der Waals surface area contributed by atoms with Crippen molar-refractivity contribution in [2.24, 2.45) is 0 Å². The second-order valence-electron chi connectivity index (χ2n) is 6.67. The maximum absolute atomic E-state index is 12.9. The topological polar surface area (TPSA) is 68.5 Å². The third-order valence-electron chi connectivity index (χ3n) is 4.51. The van der Waals surface area contributed by atoms with Gasteiger partial charge in [-0.25, -0.2) is 0 Å². The highest BCUT2D eigenvalue weighted by Gasteiger charge is 2.10. The average molecular weight is 385 g/mol. The van der Waals surface area contributed by atoms with Crippen LogP contribution < -0.4 is 15.5 Å². The molecule has 0 bridgehead atoms. The summed E-state index contributed by atoms with van der Waals surface area (Å²) in [7, 11) is 0. The Hall–Kier alpha value is -3.86. The van der Waals surface area contributed by atoms with Crippen LogP contribution in [0.4, 0.5) is 5.69 Å². The van der Waals surface area contributed by atoms with Gasteiger partial charge in [0.15, 0.2) is 5.43 Å². The van der Waals surface area contributed by atoms with Crippen LogP contribution in [-0.2, 0) is 11.4 Å². The Labute approximate surface area is 167 Å². The summed E-state index contributed by atoms with van der Waals surface area (Å²) in [5.41, 5.74) is 3.27. The molecule has 0 aliphatic carbocycles. The van der Waals surface area contributed by atoms with Gasteiger partial charge >= 0.3 is 0 Å². The molecule has 29 heavy (non-hydrogen) atoms. The number of amides is 1. The maximum atomic E-state index is 12.9. The zero-order chi connectivity index (χ0) is 20.2.